The minimum atomic E-state index is -0.654. The highest BCUT2D eigenvalue weighted by Gasteiger charge is 2.31. The summed E-state index contributed by atoms with van der Waals surface area (Å²) in [6.45, 7) is 6.29. The topological polar surface area (TPSA) is 47.3 Å². The molecule has 1 unspecified atom stereocenters. The average molecular weight is 317 g/mol. The van der Waals surface area contributed by atoms with Crippen LogP contribution in [-0.2, 0) is 17.7 Å². The molecular formula is C13H21BrN2O2. The summed E-state index contributed by atoms with van der Waals surface area (Å²) < 4.78 is 8.43. The molecule has 1 fully saturated rings. The van der Waals surface area contributed by atoms with Crippen molar-refractivity contribution in [1.29, 1.82) is 0 Å². The smallest absolute Gasteiger partial charge is 0.0738 e. The number of aromatic nitrogens is 2. The maximum absolute atomic E-state index is 10.7. The molecular weight excluding hydrogens is 296 g/mol. The Hall–Kier alpha value is -0.390. The molecule has 1 aromatic rings. The molecule has 2 rings (SSSR count). The Morgan fingerprint density at radius 3 is 2.94 bits per heavy atom. The van der Waals surface area contributed by atoms with Gasteiger partial charge in [0.1, 0.15) is 0 Å². The minimum absolute atomic E-state index is 0.644. The van der Waals surface area contributed by atoms with E-state index < -0.39 is 5.60 Å². The van der Waals surface area contributed by atoms with Gasteiger partial charge in [0.15, 0.2) is 0 Å². The van der Waals surface area contributed by atoms with Gasteiger partial charge in [-0.2, -0.15) is 5.10 Å². The predicted octanol–water partition coefficient (Wildman–Crippen LogP) is 2.45. The number of aliphatic hydroxyl groups is 1. The van der Waals surface area contributed by atoms with Crippen LogP contribution in [0.1, 0.15) is 37.6 Å². The van der Waals surface area contributed by atoms with Crippen molar-refractivity contribution in [3.63, 3.8) is 0 Å². The molecule has 18 heavy (non-hydrogen) atoms. The van der Waals surface area contributed by atoms with E-state index in [0.29, 0.717) is 19.4 Å². The summed E-state index contributed by atoms with van der Waals surface area (Å²) in [7, 11) is 0. The van der Waals surface area contributed by atoms with Crippen molar-refractivity contribution >= 4 is 15.9 Å². The van der Waals surface area contributed by atoms with E-state index in [1.807, 2.05) is 11.6 Å². The van der Waals surface area contributed by atoms with E-state index in [-0.39, 0.29) is 0 Å². The van der Waals surface area contributed by atoms with Crippen LogP contribution in [0.3, 0.4) is 0 Å². The van der Waals surface area contributed by atoms with Gasteiger partial charge in [-0.05, 0) is 49.0 Å². The first kappa shape index (κ1) is 14.0. The summed E-state index contributed by atoms with van der Waals surface area (Å²) >= 11 is 3.59. The Balaban J connectivity index is 2.21. The lowest BCUT2D eigenvalue weighted by atomic mass is 9.89. The third kappa shape index (κ3) is 2.95. The zero-order valence-electron chi connectivity index (χ0n) is 11.1. The van der Waals surface area contributed by atoms with Crippen LogP contribution < -0.4 is 0 Å². The van der Waals surface area contributed by atoms with Crippen LogP contribution in [0.4, 0.5) is 0 Å². The fraction of sp³-hybridized carbons (Fsp3) is 0.769. The SMILES string of the molecule is CCn1nc(C)c(Br)c1CC1(O)CCCOCC1. The molecule has 0 aliphatic carbocycles. The van der Waals surface area contributed by atoms with Crippen molar-refractivity contribution in [2.45, 2.75) is 51.7 Å². The van der Waals surface area contributed by atoms with E-state index in [9.17, 15) is 5.11 Å². The van der Waals surface area contributed by atoms with Crippen LogP contribution in [0.5, 0.6) is 0 Å². The summed E-state index contributed by atoms with van der Waals surface area (Å²) in [5, 5.41) is 15.2. The number of ether oxygens (including phenoxy) is 1. The van der Waals surface area contributed by atoms with Gasteiger partial charge in [0, 0.05) is 26.2 Å². The molecule has 1 aromatic heterocycles. The van der Waals surface area contributed by atoms with E-state index in [0.717, 1.165) is 41.9 Å². The van der Waals surface area contributed by atoms with E-state index in [2.05, 4.69) is 28.0 Å². The van der Waals surface area contributed by atoms with Gasteiger partial charge in [-0.25, -0.2) is 0 Å². The maximum Gasteiger partial charge on any atom is 0.0738 e. The molecule has 0 aromatic carbocycles. The second kappa shape index (κ2) is 5.72. The zero-order valence-corrected chi connectivity index (χ0v) is 12.7. The molecule has 102 valence electrons. The second-order valence-corrected chi connectivity index (χ2v) is 5.82. The first-order valence-electron chi connectivity index (χ1n) is 6.57. The van der Waals surface area contributed by atoms with Gasteiger partial charge >= 0.3 is 0 Å². The number of nitrogens with zero attached hydrogens (tertiary/aromatic N) is 2. The normalized spacial score (nSPS) is 25.1. The molecule has 2 heterocycles. The van der Waals surface area contributed by atoms with Crippen LogP contribution >= 0.6 is 15.9 Å². The molecule has 0 bridgehead atoms. The maximum atomic E-state index is 10.7. The molecule has 5 heteroatoms. The Morgan fingerprint density at radius 2 is 2.22 bits per heavy atom. The van der Waals surface area contributed by atoms with Gasteiger partial charge in [-0.1, -0.05) is 0 Å². The summed E-state index contributed by atoms with van der Waals surface area (Å²) in [6.07, 6.45) is 3.07. The lowest BCUT2D eigenvalue weighted by Gasteiger charge is -2.26. The molecule has 0 radical (unpaired) electrons. The summed E-state index contributed by atoms with van der Waals surface area (Å²) in [5.74, 6) is 0. The molecule has 0 amide bonds. The standard InChI is InChI=1S/C13H21BrN2O2/c1-3-16-11(12(14)10(2)15-16)9-13(17)5-4-7-18-8-6-13/h17H,3-9H2,1-2H3. The Labute approximate surface area is 116 Å². The lowest BCUT2D eigenvalue weighted by molar-refractivity contribution is 0.0170. The summed E-state index contributed by atoms with van der Waals surface area (Å²) in [4.78, 5) is 0. The highest BCUT2D eigenvalue weighted by molar-refractivity contribution is 9.10. The molecule has 4 nitrogen and oxygen atoms in total. The van der Waals surface area contributed by atoms with Gasteiger partial charge < -0.3 is 9.84 Å². The van der Waals surface area contributed by atoms with Crippen LogP contribution in [0, 0.1) is 6.92 Å². The van der Waals surface area contributed by atoms with Crippen LogP contribution in [0.25, 0.3) is 0 Å². The number of aryl methyl sites for hydroxylation is 2. The molecule has 1 saturated heterocycles. The van der Waals surface area contributed by atoms with Crippen molar-refractivity contribution in [1.82, 2.24) is 9.78 Å². The van der Waals surface area contributed by atoms with Crippen molar-refractivity contribution in [3.05, 3.63) is 15.9 Å². The third-order valence-electron chi connectivity index (χ3n) is 3.59. The van der Waals surface area contributed by atoms with Crippen LogP contribution in [-0.4, -0.2) is 33.7 Å². The third-order valence-corrected chi connectivity index (χ3v) is 4.62. The van der Waals surface area contributed by atoms with Crippen molar-refractivity contribution < 1.29 is 9.84 Å². The monoisotopic (exact) mass is 316 g/mol. The van der Waals surface area contributed by atoms with E-state index >= 15 is 0 Å². The van der Waals surface area contributed by atoms with Crippen LogP contribution in [0.15, 0.2) is 4.47 Å². The predicted molar refractivity (Wildman–Crippen MR) is 73.7 cm³/mol. The summed E-state index contributed by atoms with van der Waals surface area (Å²) in [5.41, 5.74) is 1.43. The van der Waals surface area contributed by atoms with Gasteiger partial charge in [0.2, 0.25) is 0 Å². The minimum Gasteiger partial charge on any atom is -0.389 e. The highest BCUT2D eigenvalue weighted by Crippen LogP contribution is 2.30. The van der Waals surface area contributed by atoms with E-state index in [4.69, 9.17) is 4.74 Å². The Bertz CT molecular complexity index is 409. The molecule has 1 N–H and O–H groups in total. The first-order chi connectivity index (χ1) is 8.56. The number of hydrogen-bond donors (Lipinski definition) is 1. The second-order valence-electron chi connectivity index (χ2n) is 5.03. The van der Waals surface area contributed by atoms with E-state index in [1.165, 1.54) is 0 Å². The molecule has 1 aliphatic rings. The lowest BCUT2D eigenvalue weighted by Crippen LogP contribution is -2.33. The fourth-order valence-corrected chi connectivity index (χ4v) is 2.94. The molecule has 0 saturated carbocycles. The molecule has 1 atom stereocenters. The van der Waals surface area contributed by atoms with E-state index in [1.54, 1.807) is 0 Å². The van der Waals surface area contributed by atoms with Crippen molar-refractivity contribution in [2.24, 2.45) is 0 Å². The quantitative estimate of drug-likeness (QED) is 0.931. The van der Waals surface area contributed by atoms with Gasteiger partial charge in [-0.3, -0.25) is 4.68 Å². The number of hydrogen-bond acceptors (Lipinski definition) is 3. The summed E-state index contributed by atoms with van der Waals surface area (Å²) in [6, 6.07) is 0. The van der Waals surface area contributed by atoms with Crippen LogP contribution in [0.2, 0.25) is 0 Å². The van der Waals surface area contributed by atoms with Gasteiger partial charge in [0.25, 0.3) is 0 Å². The Morgan fingerprint density at radius 1 is 1.44 bits per heavy atom. The highest BCUT2D eigenvalue weighted by atomic mass is 79.9. The average Bonchev–Trinajstić information content (AvgIpc) is 2.54. The molecule has 1 aliphatic heterocycles. The fourth-order valence-electron chi connectivity index (χ4n) is 2.52. The number of halogens is 1. The van der Waals surface area contributed by atoms with Gasteiger partial charge in [0.05, 0.1) is 21.5 Å². The zero-order chi connectivity index (χ0) is 13.2. The number of rotatable bonds is 3. The first-order valence-corrected chi connectivity index (χ1v) is 7.37. The Kier molecular flexibility index (Phi) is 4.45. The largest absolute Gasteiger partial charge is 0.389 e. The van der Waals surface area contributed by atoms with Crippen molar-refractivity contribution in [2.75, 3.05) is 13.2 Å². The molecule has 0 spiro atoms. The van der Waals surface area contributed by atoms with Crippen molar-refractivity contribution in [3.8, 4) is 0 Å². The van der Waals surface area contributed by atoms with Gasteiger partial charge in [-0.15, -0.1) is 0 Å².